The van der Waals surface area contributed by atoms with Crippen molar-refractivity contribution < 1.29 is 14.3 Å². The molecular formula is C12H15ClFNO2. The second-order valence-electron chi connectivity index (χ2n) is 4.05. The number of aromatic hydroxyl groups is 1. The average Bonchev–Trinajstić information content (AvgIpc) is 2.32. The fraction of sp³-hybridized carbons (Fsp3) is 0.417. The highest BCUT2D eigenvalue weighted by molar-refractivity contribution is 6.00. The molecule has 0 saturated carbocycles. The molecule has 1 aromatic carbocycles. The minimum atomic E-state index is -0.491. The number of phenols is 1. The van der Waals surface area contributed by atoms with E-state index in [0.29, 0.717) is 0 Å². The Bertz CT molecular complexity index is 405. The first-order valence-corrected chi connectivity index (χ1v) is 5.42. The number of benzene rings is 1. The molecule has 1 fully saturated rings. The SMILES string of the molecule is Cl.O=C(c1cc(F)ccc1O)C1CCNCC1. The van der Waals surface area contributed by atoms with Crippen molar-refractivity contribution in [2.45, 2.75) is 12.8 Å². The van der Waals surface area contributed by atoms with E-state index in [0.717, 1.165) is 38.1 Å². The molecule has 1 aromatic rings. The highest BCUT2D eigenvalue weighted by atomic mass is 35.5. The third kappa shape index (κ3) is 3.17. The van der Waals surface area contributed by atoms with E-state index in [4.69, 9.17) is 0 Å². The summed E-state index contributed by atoms with van der Waals surface area (Å²) in [5, 5.41) is 12.7. The van der Waals surface area contributed by atoms with Crippen LogP contribution in [0.3, 0.4) is 0 Å². The first-order valence-electron chi connectivity index (χ1n) is 5.42. The molecule has 0 radical (unpaired) electrons. The van der Waals surface area contributed by atoms with Crippen molar-refractivity contribution in [3.05, 3.63) is 29.6 Å². The van der Waals surface area contributed by atoms with E-state index in [1.807, 2.05) is 0 Å². The Labute approximate surface area is 105 Å². The molecule has 2 rings (SSSR count). The van der Waals surface area contributed by atoms with Crippen LogP contribution < -0.4 is 5.32 Å². The number of hydrogen-bond acceptors (Lipinski definition) is 3. The van der Waals surface area contributed by atoms with Crippen LogP contribution in [0.2, 0.25) is 0 Å². The fourth-order valence-electron chi connectivity index (χ4n) is 2.01. The smallest absolute Gasteiger partial charge is 0.169 e. The Kier molecular flexibility index (Phi) is 4.90. The lowest BCUT2D eigenvalue weighted by Gasteiger charge is -2.21. The molecule has 0 atom stereocenters. The van der Waals surface area contributed by atoms with Crippen LogP contribution in [0, 0.1) is 11.7 Å². The van der Waals surface area contributed by atoms with Crippen LogP contribution in [-0.2, 0) is 0 Å². The van der Waals surface area contributed by atoms with Gasteiger partial charge in [-0.1, -0.05) is 0 Å². The van der Waals surface area contributed by atoms with Gasteiger partial charge in [0.25, 0.3) is 0 Å². The molecule has 1 aliphatic rings. The number of hydrogen-bond donors (Lipinski definition) is 2. The number of ketones is 1. The van der Waals surface area contributed by atoms with Crippen LogP contribution in [0.4, 0.5) is 4.39 Å². The maximum absolute atomic E-state index is 13.0. The van der Waals surface area contributed by atoms with Gasteiger partial charge in [0.15, 0.2) is 5.78 Å². The zero-order valence-electron chi connectivity index (χ0n) is 9.28. The third-order valence-corrected chi connectivity index (χ3v) is 2.93. The second kappa shape index (κ2) is 5.98. The van der Waals surface area contributed by atoms with Gasteiger partial charge in [-0.05, 0) is 44.1 Å². The number of carbonyl (C=O) groups excluding carboxylic acids is 1. The molecule has 1 aliphatic heterocycles. The maximum Gasteiger partial charge on any atom is 0.169 e. The summed E-state index contributed by atoms with van der Waals surface area (Å²) in [6.07, 6.45) is 1.49. The number of Topliss-reactive ketones (excluding diaryl/α,β-unsaturated/α-hetero) is 1. The molecule has 5 heteroatoms. The van der Waals surface area contributed by atoms with E-state index in [-0.39, 0.29) is 35.4 Å². The van der Waals surface area contributed by atoms with Crippen LogP contribution in [0.1, 0.15) is 23.2 Å². The van der Waals surface area contributed by atoms with E-state index in [1.54, 1.807) is 0 Å². The van der Waals surface area contributed by atoms with Crippen LogP contribution in [0.15, 0.2) is 18.2 Å². The van der Waals surface area contributed by atoms with E-state index in [9.17, 15) is 14.3 Å². The number of piperidine rings is 1. The molecule has 0 unspecified atom stereocenters. The summed E-state index contributed by atoms with van der Waals surface area (Å²) in [6, 6.07) is 3.48. The Morgan fingerprint density at radius 3 is 2.65 bits per heavy atom. The van der Waals surface area contributed by atoms with Crippen molar-refractivity contribution in [1.82, 2.24) is 5.32 Å². The van der Waals surface area contributed by atoms with Crippen molar-refractivity contribution in [2.24, 2.45) is 5.92 Å². The van der Waals surface area contributed by atoms with Gasteiger partial charge in [0.2, 0.25) is 0 Å². The molecule has 0 bridgehead atoms. The molecule has 0 aliphatic carbocycles. The molecule has 0 aromatic heterocycles. The largest absolute Gasteiger partial charge is 0.507 e. The van der Waals surface area contributed by atoms with E-state index < -0.39 is 5.82 Å². The highest BCUT2D eigenvalue weighted by Crippen LogP contribution is 2.25. The Hall–Kier alpha value is -1.13. The quantitative estimate of drug-likeness (QED) is 0.800. The predicted octanol–water partition coefficient (Wildman–Crippen LogP) is 2.14. The summed E-state index contributed by atoms with van der Waals surface area (Å²) in [5.74, 6) is -0.882. The summed E-state index contributed by atoms with van der Waals surface area (Å²) in [7, 11) is 0. The third-order valence-electron chi connectivity index (χ3n) is 2.93. The molecule has 94 valence electrons. The number of carbonyl (C=O) groups is 1. The molecular weight excluding hydrogens is 245 g/mol. The number of halogens is 2. The normalized spacial score (nSPS) is 16.3. The minimum Gasteiger partial charge on any atom is -0.507 e. The fourth-order valence-corrected chi connectivity index (χ4v) is 2.01. The van der Waals surface area contributed by atoms with Gasteiger partial charge in [-0.15, -0.1) is 12.4 Å². The van der Waals surface area contributed by atoms with E-state index >= 15 is 0 Å². The number of rotatable bonds is 2. The Balaban J connectivity index is 0.00000144. The van der Waals surface area contributed by atoms with Gasteiger partial charge in [0.05, 0.1) is 5.56 Å². The van der Waals surface area contributed by atoms with Crippen molar-refractivity contribution in [3.63, 3.8) is 0 Å². The summed E-state index contributed by atoms with van der Waals surface area (Å²) in [5.41, 5.74) is 0.104. The Morgan fingerprint density at radius 1 is 1.35 bits per heavy atom. The van der Waals surface area contributed by atoms with Gasteiger partial charge < -0.3 is 10.4 Å². The average molecular weight is 260 g/mol. The molecule has 3 nitrogen and oxygen atoms in total. The van der Waals surface area contributed by atoms with Gasteiger partial charge in [0, 0.05) is 5.92 Å². The zero-order valence-corrected chi connectivity index (χ0v) is 10.1. The van der Waals surface area contributed by atoms with Crippen LogP contribution in [0.5, 0.6) is 5.75 Å². The topological polar surface area (TPSA) is 49.3 Å². The molecule has 0 amide bonds. The highest BCUT2D eigenvalue weighted by Gasteiger charge is 2.24. The Morgan fingerprint density at radius 2 is 2.00 bits per heavy atom. The van der Waals surface area contributed by atoms with Crippen molar-refractivity contribution >= 4 is 18.2 Å². The molecule has 1 saturated heterocycles. The van der Waals surface area contributed by atoms with Gasteiger partial charge in [-0.3, -0.25) is 4.79 Å². The first kappa shape index (κ1) is 13.9. The van der Waals surface area contributed by atoms with Crippen LogP contribution in [-0.4, -0.2) is 24.0 Å². The molecule has 1 heterocycles. The molecule has 0 spiro atoms. The monoisotopic (exact) mass is 259 g/mol. The van der Waals surface area contributed by atoms with Gasteiger partial charge in [0.1, 0.15) is 11.6 Å². The van der Waals surface area contributed by atoms with Crippen LogP contribution >= 0.6 is 12.4 Å². The van der Waals surface area contributed by atoms with Crippen molar-refractivity contribution in [1.29, 1.82) is 0 Å². The van der Waals surface area contributed by atoms with Crippen molar-refractivity contribution in [3.8, 4) is 5.75 Å². The summed E-state index contributed by atoms with van der Waals surface area (Å²) >= 11 is 0. The maximum atomic E-state index is 13.0. The van der Waals surface area contributed by atoms with E-state index in [1.165, 1.54) is 6.07 Å². The number of phenolic OH excluding ortho intramolecular Hbond substituents is 1. The summed E-state index contributed by atoms with van der Waals surface area (Å²) < 4.78 is 13.0. The number of nitrogens with one attached hydrogen (secondary N) is 1. The first-order chi connectivity index (χ1) is 7.68. The minimum absolute atomic E-state index is 0. The van der Waals surface area contributed by atoms with Crippen molar-refractivity contribution in [2.75, 3.05) is 13.1 Å². The second-order valence-corrected chi connectivity index (χ2v) is 4.05. The molecule has 17 heavy (non-hydrogen) atoms. The lowest BCUT2D eigenvalue weighted by molar-refractivity contribution is 0.0892. The predicted molar refractivity (Wildman–Crippen MR) is 65.2 cm³/mol. The van der Waals surface area contributed by atoms with Crippen LogP contribution in [0.25, 0.3) is 0 Å². The molecule has 2 N–H and O–H groups in total. The lowest BCUT2D eigenvalue weighted by atomic mass is 9.89. The summed E-state index contributed by atoms with van der Waals surface area (Å²) in [6.45, 7) is 1.60. The van der Waals surface area contributed by atoms with E-state index in [2.05, 4.69) is 5.32 Å². The van der Waals surface area contributed by atoms with Gasteiger partial charge >= 0.3 is 0 Å². The van der Waals surface area contributed by atoms with Gasteiger partial charge in [-0.25, -0.2) is 4.39 Å². The summed E-state index contributed by atoms with van der Waals surface area (Å²) in [4.78, 5) is 12.0. The zero-order chi connectivity index (χ0) is 11.5. The van der Waals surface area contributed by atoms with Gasteiger partial charge in [-0.2, -0.15) is 0 Å². The lowest BCUT2D eigenvalue weighted by Crippen LogP contribution is -2.31. The standard InChI is InChI=1S/C12H14FNO2.ClH/c13-9-1-2-11(15)10(7-9)12(16)8-3-5-14-6-4-8;/h1-2,7-8,14-15H,3-6H2;1H.